The van der Waals surface area contributed by atoms with Crippen LogP contribution in [0.1, 0.15) is 31.3 Å². The summed E-state index contributed by atoms with van der Waals surface area (Å²) >= 11 is 0. The normalized spacial score (nSPS) is 25.9. The van der Waals surface area contributed by atoms with E-state index in [1.54, 1.807) is 0 Å². The van der Waals surface area contributed by atoms with Gasteiger partial charge >= 0.3 is 0 Å². The molecule has 0 radical (unpaired) electrons. The van der Waals surface area contributed by atoms with E-state index in [1.165, 1.54) is 0 Å². The second kappa shape index (κ2) is 4.23. The summed E-state index contributed by atoms with van der Waals surface area (Å²) in [6.07, 6.45) is 0. The monoisotopic (exact) mass is 264 g/mol. The van der Waals surface area contributed by atoms with Crippen LogP contribution in [0.2, 0.25) is 0 Å². The molecule has 6 heteroatoms. The van der Waals surface area contributed by atoms with Crippen LogP contribution < -0.4 is 10.2 Å². The number of amides is 1. The summed E-state index contributed by atoms with van der Waals surface area (Å²) in [5, 5.41) is 7.57. The first-order valence-corrected chi connectivity index (χ1v) is 6.72. The van der Waals surface area contributed by atoms with Gasteiger partial charge in [-0.3, -0.25) is 9.48 Å². The van der Waals surface area contributed by atoms with Crippen molar-refractivity contribution in [3.63, 3.8) is 0 Å². The van der Waals surface area contributed by atoms with Crippen molar-refractivity contribution in [2.75, 3.05) is 31.2 Å². The molecule has 19 heavy (non-hydrogen) atoms. The Morgan fingerprint density at radius 3 is 3.00 bits per heavy atom. The SMILES string of the molecule is C[C@@H]1COCCN1c1cc2n(n1)C(C)(C)CNC2=O. The zero-order chi connectivity index (χ0) is 13.6. The van der Waals surface area contributed by atoms with Crippen molar-refractivity contribution >= 4 is 11.7 Å². The predicted molar refractivity (Wildman–Crippen MR) is 71.5 cm³/mol. The standard InChI is InChI=1S/C13H20N4O2/c1-9-7-19-5-4-16(9)11-6-10-12(18)14-8-13(2,3)17(10)15-11/h6,9H,4-5,7-8H2,1-3H3,(H,14,18)/t9-/m1/s1. The Hall–Kier alpha value is -1.56. The zero-order valence-corrected chi connectivity index (χ0v) is 11.6. The molecule has 1 N–H and O–H groups in total. The number of hydrogen-bond donors (Lipinski definition) is 1. The largest absolute Gasteiger partial charge is 0.377 e. The van der Waals surface area contributed by atoms with Crippen LogP contribution in [0.3, 0.4) is 0 Å². The van der Waals surface area contributed by atoms with E-state index in [-0.39, 0.29) is 17.5 Å². The maximum atomic E-state index is 11.9. The molecular formula is C13H20N4O2. The topological polar surface area (TPSA) is 59.4 Å². The van der Waals surface area contributed by atoms with Crippen LogP contribution in [-0.4, -0.2) is 48.0 Å². The molecule has 0 aliphatic carbocycles. The molecule has 2 aliphatic heterocycles. The van der Waals surface area contributed by atoms with Crippen molar-refractivity contribution in [1.29, 1.82) is 0 Å². The Kier molecular flexibility index (Phi) is 2.78. The van der Waals surface area contributed by atoms with Crippen LogP contribution in [-0.2, 0) is 10.3 Å². The van der Waals surface area contributed by atoms with Gasteiger partial charge in [-0.25, -0.2) is 0 Å². The molecule has 1 fully saturated rings. The molecule has 0 unspecified atom stereocenters. The second-order valence-electron chi connectivity index (χ2n) is 5.91. The molecule has 2 aliphatic rings. The Labute approximate surface area is 112 Å². The first-order valence-electron chi connectivity index (χ1n) is 6.72. The summed E-state index contributed by atoms with van der Waals surface area (Å²) in [4.78, 5) is 14.1. The van der Waals surface area contributed by atoms with Gasteiger partial charge in [0.05, 0.1) is 24.8 Å². The molecule has 1 aromatic rings. The summed E-state index contributed by atoms with van der Waals surface area (Å²) in [7, 11) is 0. The first kappa shape index (κ1) is 12.5. The van der Waals surface area contributed by atoms with E-state index in [4.69, 9.17) is 4.74 Å². The number of nitrogens with one attached hydrogen (secondary N) is 1. The fourth-order valence-corrected chi connectivity index (χ4v) is 2.66. The highest BCUT2D eigenvalue weighted by molar-refractivity contribution is 5.94. The molecule has 1 atom stereocenters. The van der Waals surface area contributed by atoms with Gasteiger partial charge in [0.25, 0.3) is 5.91 Å². The van der Waals surface area contributed by atoms with Gasteiger partial charge in [0, 0.05) is 19.2 Å². The fraction of sp³-hybridized carbons (Fsp3) is 0.692. The lowest BCUT2D eigenvalue weighted by Gasteiger charge is -2.34. The van der Waals surface area contributed by atoms with Crippen molar-refractivity contribution in [3.05, 3.63) is 11.8 Å². The lowest BCUT2D eigenvalue weighted by atomic mass is 10.0. The van der Waals surface area contributed by atoms with Gasteiger partial charge < -0.3 is 15.0 Å². The van der Waals surface area contributed by atoms with E-state index < -0.39 is 0 Å². The number of morpholine rings is 1. The zero-order valence-electron chi connectivity index (χ0n) is 11.6. The molecule has 0 spiro atoms. The van der Waals surface area contributed by atoms with Crippen LogP contribution in [0.15, 0.2) is 6.07 Å². The van der Waals surface area contributed by atoms with Crippen molar-refractivity contribution in [2.45, 2.75) is 32.4 Å². The van der Waals surface area contributed by atoms with E-state index in [0.29, 0.717) is 25.5 Å². The number of carbonyl (C=O) groups is 1. The fourth-order valence-electron chi connectivity index (χ4n) is 2.66. The Bertz CT molecular complexity index is 509. The predicted octanol–water partition coefficient (Wildman–Crippen LogP) is 0.587. The molecule has 6 nitrogen and oxygen atoms in total. The van der Waals surface area contributed by atoms with E-state index in [9.17, 15) is 4.79 Å². The minimum Gasteiger partial charge on any atom is -0.377 e. The van der Waals surface area contributed by atoms with E-state index in [0.717, 1.165) is 12.4 Å². The van der Waals surface area contributed by atoms with Gasteiger partial charge in [-0.2, -0.15) is 5.10 Å². The molecule has 104 valence electrons. The first-order chi connectivity index (χ1) is 8.99. The molecule has 3 heterocycles. The van der Waals surface area contributed by atoms with Crippen molar-refractivity contribution in [3.8, 4) is 0 Å². The van der Waals surface area contributed by atoms with E-state index in [2.05, 4.69) is 36.1 Å². The number of anilines is 1. The van der Waals surface area contributed by atoms with Gasteiger partial charge in [-0.1, -0.05) is 0 Å². The molecule has 3 rings (SSSR count). The summed E-state index contributed by atoms with van der Waals surface area (Å²) in [6.45, 7) is 9.12. The van der Waals surface area contributed by atoms with Gasteiger partial charge in [0.15, 0.2) is 5.82 Å². The van der Waals surface area contributed by atoms with Crippen LogP contribution >= 0.6 is 0 Å². The summed E-state index contributed by atoms with van der Waals surface area (Å²) in [5.74, 6) is 0.829. The highest BCUT2D eigenvalue weighted by Crippen LogP contribution is 2.26. The van der Waals surface area contributed by atoms with Gasteiger partial charge in [-0.15, -0.1) is 0 Å². The van der Waals surface area contributed by atoms with Crippen LogP contribution in [0.25, 0.3) is 0 Å². The quantitative estimate of drug-likeness (QED) is 0.806. The molecule has 0 saturated carbocycles. The number of rotatable bonds is 1. The summed E-state index contributed by atoms with van der Waals surface area (Å²) in [5.41, 5.74) is 0.460. The Morgan fingerprint density at radius 2 is 2.32 bits per heavy atom. The summed E-state index contributed by atoms with van der Waals surface area (Å²) in [6, 6.07) is 2.18. The Morgan fingerprint density at radius 1 is 1.53 bits per heavy atom. The number of aromatic nitrogens is 2. The number of fused-ring (bicyclic) bond motifs is 1. The van der Waals surface area contributed by atoms with Gasteiger partial charge in [-0.05, 0) is 20.8 Å². The third-order valence-corrected chi connectivity index (χ3v) is 3.85. The number of ether oxygens (including phenoxy) is 1. The average molecular weight is 264 g/mol. The minimum absolute atomic E-state index is 0.0426. The average Bonchev–Trinajstić information content (AvgIpc) is 2.82. The third kappa shape index (κ3) is 2.00. The molecular weight excluding hydrogens is 244 g/mol. The number of nitrogens with zero attached hydrogens (tertiary/aromatic N) is 3. The maximum Gasteiger partial charge on any atom is 0.269 e. The van der Waals surface area contributed by atoms with E-state index in [1.807, 2.05) is 10.7 Å². The number of hydrogen-bond acceptors (Lipinski definition) is 4. The van der Waals surface area contributed by atoms with Gasteiger partial charge in [0.1, 0.15) is 5.69 Å². The van der Waals surface area contributed by atoms with Crippen LogP contribution in [0.4, 0.5) is 5.82 Å². The third-order valence-electron chi connectivity index (χ3n) is 3.85. The molecule has 0 aromatic carbocycles. The van der Waals surface area contributed by atoms with Gasteiger partial charge in [0.2, 0.25) is 0 Å². The van der Waals surface area contributed by atoms with Crippen molar-refractivity contribution in [2.24, 2.45) is 0 Å². The Balaban J connectivity index is 1.99. The van der Waals surface area contributed by atoms with Crippen molar-refractivity contribution in [1.82, 2.24) is 15.1 Å². The van der Waals surface area contributed by atoms with Crippen LogP contribution in [0, 0.1) is 0 Å². The molecule has 0 bridgehead atoms. The second-order valence-corrected chi connectivity index (χ2v) is 5.91. The minimum atomic E-state index is -0.184. The number of carbonyl (C=O) groups excluding carboxylic acids is 1. The molecule has 1 aromatic heterocycles. The lowest BCUT2D eigenvalue weighted by molar-refractivity contribution is 0.0876. The highest BCUT2D eigenvalue weighted by atomic mass is 16.5. The van der Waals surface area contributed by atoms with Crippen molar-refractivity contribution < 1.29 is 9.53 Å². The molecule has 1 amide bonds. The highest BCUT2D eigenvalue weighted by Gasteiger charge is 2.34. The van der Waals surface area contributed by atoms with E-state index >= 15 is 0 Å². The van der Waals surface area contributed by atoms with Crippen LogP contribution in [0.5, 0.6) is 0 Å². The smallest absolute Gasteiger partial charge is 0.269 e. The lowest BCUT2D eigenvalue weighted by Crippen LogP contribution is -2.48. The maximum absolute atomic E-state index is 11.9. The summed E-state index contributed by atoms with van der Waals surface area (Å²) < 4.78 is 7.29. The molecule has 1 saturated heterocycles.